The number of nitrogens with one attached hydrogen (secondary N) is 1. The van der Waals surface area contributed by atoms with Gasteiger partial charge in [0.05, 0.1) is 10.9 Å². The third-order valence-corrected chi connectivity index (χ3v) is 6.77. The zero-order valence-corrected chi connectivity index (χ0v) is 16.3. The SMILES string of the molecule is C[C@@H](NC(=O)c1cccc(S(=O)(=O)N2CCCC2)c1)c1nnc2ccccn12. The Balaban J connectivity index is 1.55. The Morgan fingerprint density at radius 3 is 2.68 bits per heavy atom. The molecule has 1 aliphatic heterocycles. The summed E-state index contributed by atoms with van der Waals surface area (Å²) in [6, 6.07) is 11.3. The molecule has 8 nitrogen and oxygen atoms in total. The van der Waals surface area contributed by atoms with Crippen molar-refractivity contribution in [2.24, 2.45) is 0 Å². The summed E-state index contributed by atoms with van der Waals surface area (Å²) in [5, 5.41) is 11.1. The van der Waals surface area contributed by atoms with Gasteiger partial charge in [-0.2, -0.15) is 4.31 Å². The highest BCUT2D eigenvalue weighted by atomic mass is 32.2. The number of aromatic nitrogens is 3. The molecule has 28 heavy (non-hydrogen) atoms. The first-order chi connectivity index (χ1) is 13.5. The average Bonchev–Trinajstić information content (AvgIpc) is 3.38. The Hall–Kier alpha value is -2.78. The fourth-order valence-electron chi connectivity index (χ4n) is 3.38. The van der Waals surface area contributed by atoms with Crippen LogP contribution in [0.5, 0.6) is 0 Å². The van der Waals surface area contributed by atoms with Crippen LogP contribution in [-0.2, 0) is 10.0 Å². The van der Waals surface area contributed by atoms with Crippen molar-refractivity contribution < 1.29 is 13.2 Å². The molecule has 146 valence electrons. The Kier molecular flexibility index (Phi) is 4.86. The molecule has 3 aromatic rings. The fourth-order valence-corrected chi connectivity index (χ4v) is 4.94. The van der Waals surface area contributed by atoms with Gasteiger partial charge in [0.2, 0.25) is 10.0 Å². The van der Waals surface area contributed by atoms with E-state index in [1.54, 1.807) is 16.5 Å². The molecule has 1 fully saturated rings. The van der Waals surface area contributed by atoms with Crippen LogP contribution in [0.2, 0.25) is 0 Å². The normalized spacial score (nSPS) is 16.3. The topological polar surface area (TPSA) is 96.7 Å². The number of carbonyl (C=O) groups excluding carboxylic acids is 1. The van der Waals surface area contributed by atoms with Gasteiger partial charge in [-0.1, -0.05) is 12.1 Å². The third-order valence-electron chi connectivity index (χ3n) is 4.87. The molecule has 0 unspecified atom stereocenters. The van der Waals surface area contributed by atoms with Gasteiger partial charge in [0.1, 0.15) is 0 Å². The molecule has 9 heteroatoms. The van der Waals surface area contributed by atoms with Crippen LogP contribution in [-0.4, -0.2) is 46.3 Å². The van der Waals surface area contributed by atoms with Gasteiger partial charge < -0.3 is 5.32 Å². The first kappa shape index (κ1) is 18.6. The van der Waals surface area contributed by atoms with E-state index in [1.165, 1.54) is 16.4 Å². The molecule has 0 radical (unpaired) electrons. The van der Waals surface area contributed by atoms with E-state index in [4.69, 9.17) is 0 Å². The second-order valence-corrected chi connectivity index (χ2v) is 8.76. The lowest BCUT2D eigenvalue weighted by atomic mass is 10.2. The molecule has 4 rings (SSSR count). The van der Waals surface area contributed by atoms with E-state index in [1.807, 2.05) is 31.3 Å². The molecule has 0 bridgehead atoms. The van der Waals surface area contributed by atoms with E-state index >= 15 is 0 Å². The van der Waals surface area contributed by atoms with Crippen LogP contribution in [0.3, 0.4) is 0 Å². The van der Waals surface area contributed by atoms with Gasteiger partial charge in [-0.25, -0.2) is 8.42 Å². The van der Waals surface area contributed by atoms with Crippen molar-refractivity contribution >= 4 is 21.6 Å². The van der Waals surface area contributed by atoms with Crippen molar-refractivity contribution in [3.63, 3.8) is 0 Å². The molecule has 0 saturated carbocycles. The van der Waals surface area contributed by atoms with Gasteiger partial charge in [-0.05, 0) is 50.1 Å². The highest BCUT2D eigenvalue weighted by molar-refractivity contribution is 7.89. The van der Waals surface area contributed by atoms with Gasteiger partial charge in [-0.3, -0.25) is 9.20 Å². The van der Waals surface area contributed by atoms with Gasteiger partial charge in [0.15, 0.2) is 11.5 Å². The summed E-state index contributed by atoms with van der Waals surface area (Å²) >= 11 is 0. The van der Waals surface area contributed by atoms with Crippen LogP contribution in [0.4, 0.5) is 0 Å². The van der Waals surface area contributed by atoms with Crippen LogP contribution in [0.25, 0.3) is 5.65 Å². The summed E-state index contributed by atoms with van der Waals surface area (Å²) < 4.78 is 28.7. The van der Waals surface area contributed by atoms with E-state index in [2.05, 4.69) is 15.5 Å². The zero-order chi connectivity index (χ0) is 19.7. The summed E-state index contributed by atoms with van der Waals surface area (Å²) in [5.41, 5.74) is 0.984. The monoisotopic (exact) mass is 399 g/mol. The molecule has 0 aliphatic carbocycles. The quantitative estimate of drug-likeness (QED) is 0.708. The highest BCUT2D eigenvalue weighted by Crippen LogP contribution is 2.22. The molecular formula is C19H21N5O3S. The predicted octanol–water partition coefficient (Wildman–Crippen LogP) is 2.00. The van der Waals surface area contributed by atoms with Crippen LogP contribution in [0.15, 0.2) is 53.6 Å². The molecule has 3 heterocycles. The molecule has 1 aliphatic rings. The third kappa shape index (κ3) is 3.38. The lowest BCUT2D eigenvalue weighted by Gasteiger charge is -2.16. The van der Waals surface area contributed by atoms with Crippen molar-refractivity contribution in [3.05, 3.63) is 60.0 Å². The summed E-state index contributed by atoms with van der Waals surface area (Å²) in [4.78, 5) is 12.9. The maximum atomic E-state index is 12.7. The van der Waals surface area contributed by atoms with Crippen molar-refractivity contribution in [3.8, 4) is 0 Å². The molecule has 2 aromatic heterocycles. The van der Waals surface area contributed by atoms with Crippen molar-refractivity contribution in [2.45, 2.75) is 30.7 Å². The highest BCUT2D eigenvalue weighted by Gasteiger charge is 2.28. The second-order valence-electron chi connectivity index (χ2n) is 6.82. The zero-order valence-electron chi connectivity index (χ0n) is 15.4. The standard InChI is InChI=1S/C19H21N5O3S/c1-14(18-22-21-17-9-2-3-12-24(17)18)20-19(25)15-7-6-8-16(13-15)28(26,27)23-10-4-5-11-23/h2-3,6-9,12-14H,4-5,10-11H2,1H3,(H,20,25)/t14-/m1/s1. The largest absolute Gasteiger partial charge is 0.342 e. The molecule has 1 aromatic carbocycles. The maximum Gasteiger partial charge on any atom is 0.251 e. The van der Waals surface area contributed by atoms with E-state index in [0.29, 0.717) is 30.1 Å². The smallest absolute Gasteiger partial charge is 0.251 e. The minimum Gasteiger partial charge on any atom is -0.342 e. The van der Waals surface area contributed by atoms with Gasteiger partial charge in [0, 0.05) is 24.8 Å². The molecular weight excluding hydrogens is 378 g/mol. The van der Waals surface area contributed by atoms with E-state index < -0.39 is 16.1 Å². The van der Waals surface area contributed by atoms with Gasteiger partial charge >= 0.3 is 0 Å². The number of amides is 1. The van der Waals surface area contributed by atoms with Crippen molar-refractivity contribution in [1.82, 2.24) is 24.2 Å². The van der Waals surface area contributed by atoms with Gasteiger partial charge in [0.25, 0.3) is 5.91 Å². The Morgan fingerprint density at radius 2 is 1.89 bits per heavy atom. The molecule has 1 N–H and O–H groups in total. The Bertz CT molecular complexity index is 1120. The lowest BCUT2D eigenvalue weighted by Crippen LogP contribution is -2.29. The second kappa shape index (κ2) is 7.33. The number of rotatable bonds is 5. The number of hydrogen-bond donors (Lipinski definition) is 1. The number of pyridine rings is 1. The summed E-state index contributed by atoms with van der Waals surface area (Å²) in [7, 11) is -3.57. The van der Waals surface area contributed by atoms with E-state index in [9.17, 15) is 13.2 Å². The van der Waals surface area contributed by atoms with Crippen molar-refractivity contribution in [1.29, 1.82) is 0 Å². The number of hydrogen-bond acceptors (Lipinski definition) is 5. The van der Waals surface area contributed by atoms with Crippen LogP contribution in [0.1, 0.15) is 42.0 Å². The maximum absolute atomic E-state index is 12.7. The van der Waals surface area contributed by atoms with Crippen LogP contribution in [0, 0.1) is 0 Å². The Morgan fingerprint density at radius 1 is 1.11 bits per heavy atom. The van der Waals surface area contributed by atoms with Gasteiger partial charge in [-0.15, -0.1) is 10.2 Å². The average molecular weight is 399 g/mol. The number of carbonyl (C=O) groups is 1. The van der Waals surface area contributed by atoms with Crippen LogP contribution < -0.4 is 5.32 Å². The number of nitrogens with zero attached hydrogens (tertiary/aromatic N) is 4. The van der Waals surface area contributed by atoms with Crippen LogP contribution >= 0.6 is 0 Å². The lowest BCUT2D eigenvalue weighted by molar-refractivity contribution is 0.0938. The molecule has 1 amide bonds. The molecule has 0 spiro atoms. The number of fused-ring (bicyclic) bond motifs is 1. The predicted molar refractivity (Wildman–Crippen MR) is 103 cm³/mol. The number of benzene rings is 1. The number of sulfonamides is 1. The summed E-state index contributed by atoms with van der Waals surface area (Å²) in [6.07, 6.45) is 3.56. The minimum absolute atomic E-state index is 0.141. The van der Waals surface area contributed by atoms with E-state index in [0.717, 1.165) is 12.8 Å². The first-order valence-electron chi connectivity index (χ1n) is 9.17. The minimum atomic E-state index is -3.57. The molecule has 1 atom stereocenters. The summed E-state index contributed by atoms with van der Waals surface area (Å²) in [5.74, 6) is 0.239. The molecule has 1 saturated heterocycles. The summed E-state index contributed by atoms with van der Waals surface area (Å²) in [6.45, 7) is 2.86. The van der Waals surface area contributed by atoms with Crippen molar-refractivity contribution in [2.75, 3.05) is 13.1 Å². The fraction of sp³-hybridized carbons (Fsp3) is 0.316. The first-order valence-corrected chi connectivity index (χ1v) is 10.6. The van der Waals surface area contributed by atoms with E-state index in [-0.39, 0.29) is 10.8 Å². The Labute approximate surface area is 163 Å².